The Morgan fingerprint density at radius 2 is 2.00 bits per heavy atom. The van der Waals surface area contributed by atoms with E-state index in [-0.39, 0.29) is 18.7 Å². The maximum absolute atomic E-state index is 12.1. The highest BCUT2D eigenvalue weighted by atomic mass is 19.4. The molecule has 1 aliphatic rings. The second-order valence-electron chi connectivity index (χ2n) is 2.74. The molecule has 66 valence electrons. The molecule has 5 heteroatoms. The van der Waals surface area contributed by atoms with Crippen LogP contribution >= 0.6 is 0 Å². The van der Waals surface area contributed by atoms with Crippen LogP contribution < -0.4 is 0 Å². The lowest BCUT2D eigenvalue weighted by Gasteiger charge is -2.09. The highest BCUT2D eigenvalue weighted by molar-refractivity contribution is 5.36. The van der Waals surface area contributed by atoms with E-state index < -0.39 is 11.7 Å². The van der Waals surface area contributed by atoms with Gasteiger partial charge in [-0.1, -0.05) is 0 Å². The van der Waals surface area contributed by atoms with E-state index in [0.29, 0.717) is 0 Å². The maximum atomic E-state index is 12.1. The van der Waals surface area contributed by atoms with Gasteiger partial charge in [0.25, 0.3) is 0 Å². The average Bonchev–Trinajstić information content (AvgIpc) is 2.29. The standard InChI is InChI=1S/C7H7F3N2/c1-12-3-5(2-11)6(4-12)7(8,9)10/h3-4H2,1H3. The Kier molecular flexibility index (Phi) is 2.11. The van der Waals surface area contributed by atoms with Gasteiger partial charge in [0.15, 0.2) is 0 Å². The maximum Gasteiger partial charge on any atom is 0.414 e. The Hall–Kier alpha value is -1.02. The van der Waals surface area contributed by atoms with Crippen LogP contribution in [-0.2, 0) is 0 Å². The predicted octanol–water partition coefficient (Wildman–Crippen LogP) is 1.31. The van der Waals surface area contributed by atoms with Crippen LogP contribution in [0.15, 0.2) is 11.1 Å². The summed E-state index contributed by atoms with van der Waals surface area (Å²) in [6.45, 7) is -0.0717. The molecule has 0 fully saturated rings. The number of halogens is 3. The smallest absolute Gasteiger partial charge is 0.297 e. The zero-order valence-corrected chi connectivity index (χ0v) is 6.44. The number of likely N-dealkylation sites (N-methyl/N-ethyl adjacent to an activating group) is 1. The number of rotatable bonds is 0. The van der Waals surface area contributed by atoms with Crippen molar-refractivity contribution in [3.05, 3.63) is 11.1 Å². The molecule has 12 heavy (non-hydrogen) atoms. The van der Waals surface area contributed by atoms with Gasteiger partial charge < -0.3 is 0 Å². The van der Waals surface area contributed by atoms with Gasteiger partial charge in [-0.05, 0) is 7.05 Å². The molecule has 2 nitrogen and oxygen atoms in total. The molecule has 0 amide bonds. The molecule has 0 saturated carbocycles. The summed E-state index contributed by atoms with van der Waals surface area (Å²) in [5, 5.41) is 8.38. The van der Waals surface area contributed by atoms with Gasteiger partial charge in [-0.25, -0.2) is 0 Å². The lowest BCUT2D eigenvalue weighted by atomic mass is 10.2. The molecule has 0 unspecified atom stereocenters. The average molecular weight is 176 g/mol. The number of nitriles is 1. The van der Waals surface area contributed by atoms with E-state index >= 15 is 0 Å². The molecule has 0 atom stereocenters. The fourth-order valence-corrected chi connectivity index (χ4v) is 1.15. The van der Waals surface area contributed by atoms with Gasteiger partial charge >= 0.3 is 6.18 Å². The molecule has 0 bridgehead atoms. The van der Waals surface area contributed by atoms with Gasteiger partial charge in [0, 0.05) is 13.1 Å². The summed E-state index contributed by atoms with van der Waals surface area (Å²) in [7, 11) is 1.55. The summed E-state index contributed by atoms with van der Waals surface area (Å²) in [5.41, 5.74) is -0.863. The summed E-state index contributed by atoms with van der Waals surface area (Å²) >= 11 is 0. The number of hydrogen-bond donors (Lipinski definition) is 0. The number of alkyl halides is 3. The first-order valence-corrected chi connectivity index (χ1v) is 3.33. The second-order valence-corrected chi connectivity index (χ2v) is 2.74. The summed E-state index contributed by atoms with van der Waals surface area (Å²) in [6.07, 6.45) is -4.35. The minimum atomic E-state index is -4.35. The van der Waals surface area contributed by atoms with Crippen LogP contribution in [0.2, 0.25) is 0 Å². The molecule has 0 spiro atoms. The van der Waals surface area contributed by atoms with Gasteiger partial charge in [-0.15, -0.1) is 0 Å². The summed E-state index contributed by atoms with van der Waals surface area (Å²) in [4.78, 5) is 1.46. The number of nitrogens with zero attached hydrogens (tertiary/aromatic N) is 2. The van der Waals surface area contributed by atoms with E-state index in [2.05, 4.69) is 0 Å². The second kappa shape index (κ2) is 2.79. The molecule has 0 aromatic rings. The van der Waals surface area contributed by atoms with Gasteiger partial charge in [-0.2, -0.15) is 18.4 Å². The summed E-state index contributed by atoms with van der Waals surface area (Å²) in [6, 6.07) is 1.57. The first-order valence-electron chi connectivity index (χ1n) is 3.33. The van der Waals surface area contributed by atoms with Gasteiger partial charge in [0.1, 0.15) is 0 Å². The van der Waals surface area contributed by atoms with Crippen molar-refractivity contribution in [1.29, 1.82) is 5.26 Å². The molecule has 1 aliphatic heterocycles. The molecule has 0 radical (unpaired) electrons. The predicted molar refractivity (Wildman–Crippen MR) is 36.2 cm³/mol. The van der Waals surface area contributed by atoms with Crippen LogP contribution in [0.4, 0.5) is 13.2 Å². The topological polar surface area (TPSA) is 27.0 Å². The van der Waals surface area contributed by atoms with Gasteiger partial charge in [-0.3, -0.25) is 4.90 Å². The van der Waals surface area contributed by atoms with Crippen molar-refractivity contribution in [2.24, 2.45) is 0 Å². The van der Waals surface area contributed by atoms with Crippen molar-refractivity contribution in [3.63, 3.8) is 0 Å². The molecule has 1 rings (SSSR count). The van der Waals surface area contributed by atoms with E-state index in [9.17, 15) is 13.2 Å². The zero-order chi connectivity index (χ0) is 9.35. The van der Waals surface area contributed by atoms with Crippen LogP contribution in [0.1, 0.15) is 0 Å². The van der Waals surface area contributed by atoms with Crippen LogP contribution in [0.5, 0.6) is 0 Å². The molecule has 0 N–H and O–H groups in total. The molecule has 0 saturated heterocycles. The van der Waals surface area contributed by atoms with Crippen LogP contribution in [-0.4, -0.2) is 31.2 Å². The molecular formula is C7H7F3N2. The molecule has 0 aromatic heterocycles. The van der Waals surface area contributed by atoms with E-state index in [1.165, 1.54) is 4.90 Å². The SMILES string of the molecule is CN1CC(C#N)=C(C(F)(F)F)C1. The van der Waals surface area contributed by atoms with Gasteiger partial charge in [0.05, 0.1) is 17.2 Å². The lowest BCUT2D eigenvalue weighted by molar-refractivity contribution is -0.0935. The molecule has 1 heterocycles. The Morgan fingerprint density at radius 3 is 2.33 bits per heavy atom. The van der Waals surface area contributed by atoms with Crippen molar-refractivity contribution in [2.45, 2.75) is 6.18 Å². The Bertz CT molecular complexity index is 259. The summed E-state index contributed by atoms with van der Waals surface area (Å²) in [5.74, 6) is 0. The molecule has 0 aromatic carbocycles. The van der Waals surface area contributed by atoms with Crippen molar-refractivity contribution in [2.75, 3.05) is 20.1 Å². The normalized spacial score (nSPS) is 19.9. The van der Waals surface area contributed by atoms with Crippen molar-refractivity contribution < 1.29 is 13.2 Å². The first-order chi connectivity index (χ1) is 5.45. The monoisotopic (exact) mass is 176 g/mol. The quantitative estimate of drug-likeness (QED) is 0.556. The minimum Gasteiger partial charge on any atom is -0.297 e. The van der Waals surface area contributed by atoms with Crippen LogP contribution in [0.25, 0.3) is 0 Å². The Balaban J connectivity index is 2.95. The highest BCUT2D eigenvalue weighted by Crippen LogP contribution is 2.32. The van der Waals surface area contributed by atoms with Crippen molar-refractivity contribution in [1.82, 2.24) is 4.90 Å². The third-order valence-electron chi connectivity index (χ3n) is 1.70. The van der Waals surface area contributed by atoms with E-state index in [4.69, 9.17) is 5.26 Å². The minimum absolute atomic E-state index is 0.103. The zero-order valence-electron chi connectivity index (χ0n) is 6.44. The molecular weight excluding hydrogens is 169 g/mol. The summed E-state index contributed by atoms with van der Waals surface area (Å²) < 4.78 is 36.4. The van der Waals surface area contributed by atoms with E-state index in [0.717, 1.165) is 0 Å². The largest absolute Gasteiger partial charge is 0.414 e. The third kappa shape index (κ3) is 1.59. The Labute approximate surface area is 67.9 Å². The lowest BCUT2D eigenvalue weighted by Crippen LogP contribution is -2.20. The highest BCUT2D eigenvalue weighted by Gasteiger charge is 2.39. The van der Waals surface area contributed by atoms with Crippen LogP contribution in [0, 0.1) is 11.3 Å². The van der Waals surface area contributed by atoms with Crippen molar-refractivity contribution in [3.8, 4) is 6.07 Å². The van der Waals surface area contributed by atoms with E-state index in [1.807, 2.05) is 0 Å². The van der Waals surface area contributed by atoms with Crippen molar-refractivity contribution >= 4 is 0 Å². The van der Waals surface area contributed by atoms with Crippen LogP contribution in [0.3, 0.4) is 0 Å². The Morgan fingerprint density at radius 1 is 1.42 bits per heavy atom. The molecule has 0 aliphatic carbocycles. The fourth-order valence-electron chi connectivity index (χ4n) is 1.15. The first kappa shape index (κ1) is 9.07. The third-order valence-corrected chi connectivity index (χ3v) is 1.70. The number of hydrogen-bond acceptors (Lipinski definition) is 2. The fraction of sp³-hybridized carbons (Fsp3) is 0.571. The van der Waals surface area contributed by atoms with E-state index in [1.54, 1.807) is 13.1 Å². The van der Waals surface area contributed by atoms with Gasteiger partial charge in [0.2, 0.25) is 0 Å².